The first-order valence-corrected chi connectivity index (χ1v) is 14.9. The van der Waals surface area contributed by atoms with Gasteiger partial charge in [0.05, 0.1) is 24.9 Å². The minimum atomic E-state index is -1.21. The van der Waals surface area contributed by atoms with Crippen LogP contribution in [-0.4, -0.2) is 76.4 Å². The van der Waals surface area contributed by atoms with Crippen LogP contribution in [0.4, 0.5) is 0 Å². The molecule has 1 spiro atoms. The van der Waals surface area contributed by atoms with Gasteiger partial charge in [-0.3, -0.25) is 4.79 Å². The summed E-state index contributed by atoms with van der Waals surface area (Å²) in [4.78, 5) is 11.2. The van der Waals surface area contributed by atoms with Crippen molar-refractivity contribution in [3.63, 3.8) is 0 Å². The highest BCUT2D eigenvalue weighted by molar-refractivity contribution is 5.37. The van der Waals surface area contributed by atoms with Crippen LogP contribution < -0.4 is 0 Å². The summed E-state index contributed by atoms with van der Waals surface area (Å²) in [6.07, 6.45) is 12.7. The van der Waals surface area contributed by atoms with E-state index >= 15 is 0 Å². The number of hydrogen-bond donors (Lipinski definition) is 3. The van der Waals surface area contributed by atoms with Crippen LogP contribution in [0.25, 0.3) is 0 Å². The molecule has 2 saturated heterocycles. The Bertz CT molecular complexity index is 1090. The number of aliphatic hydroxyl groups is 3. The van der Waals surface area contributed by atoms with Crippen LogP contribution in [0, 0.1) is 17.8 Å². The van der Waals surface area contributed by atoms with Gasteiger partial charge in [-0.2, -0.15) is 0 Å². The van der Waals surface area contributed by atoms with Gasteiger partial charge in [-0.25, -0.2) is 0 Å². The maximum absolute atomic E-state index is 11.2. The van der Waals surface area contributed by atoms with Crippen LogP contribution in [0.2, 0.25) is 0 Å². The fraction of sp³-hybridized carbons (Fsp3) is 0.667. The van der Waals surface area contributed by atoms with Crippen molar-refractivity contribution in [3.05, 3.63) is 59.3 Å². The van der Waals surface area contributed by atoms with Crippen molar-refractivity contribution in [2.24, 2.45) is 17.8 Å². The van der Waals surface area contributed by atoms with E-state index in [9.17, 15) is 20.1 Å². The molecule has 0 aromatic heterocycles. The largest absolute Gasteiger partial charge is 0.464 e. The van der Waals surface area contributed by atoms with E-state index in [1.165, 1.54) is 0 Å². The first kappa shape index (κ1) is 31.9. The molecule has 4 aliphatic rings. The summed E-state index contributed by atoms with van der Waals surface area (Å²) in [6.45, 7) is 12.8. The molecule has 4 rings (SSSR count). The fourth-order valence-electron chi connectivity index (χ4n) is 6.51. The van der Waals surface area contributed by atoms with Crippen molar-refractivity contribution >= 4 is 6.47 Å². The summed E-state index contributed by atoms with van der Waals surface area (Å²) in [5.74, 6) is -0.543. The molecule has 0 bridgehead atoms. The van der Waals surface area contributed by atoms with Gasteiger partial charge in [0, 0.05) is 31.1 Å². The Morgan fingerprint density at radius 1 is 1.27 bits per heavy atom. The van der Waals surface area contributed by atoms with Gasteiger partial charge in [-0.1, -0.05) is 64.2 Å². The molecule has 41 heavy (non-hydrogen) atoms. The second-order valence-corrected chi connectivity index (χ2v) is 12.7. The van der Waals surface area contributed by atoms with E-state index in [0.717, 1.165) is 16.7 Å². The first-order chi connectivity index (χ1) is 19.4. The van der Waals surface area contributed by atoms with Crippen LogP contribution in [0.15, 0.2) is 59.3 Å². The Balaban J connectivity index is 1.39. The smallest absolute Gasteiger partial charge is 0.293 e. The van der Waals surface area contributed by atoms with Crippen molar-refractivity contribution in [2.45, 2.75) is 115 Å². The lowest BCUT2D eigenvalue weighted by molar-refractivity contribution is -0.298. The third kappa shape index (κ3) is 6.95. The van der Waals surface area contributed by atoms with Gasteiger partial charge in [0.25, 0.3) is 6.47 Å². The lowest BCUT2D eigenvalue weighted by Gasteiger charge is -2.47. The number of rotatable bonds is 9. The molecule has 3 aliphatic heterocycles. The Kier molecular flexibility index (Phi) is 10.1. The molecule has 2 fully saturated rings. The third-order valence-corrected chi connectivity index (χ3v) is 9.13. The zero-order chi connectivity index (χ0) is 29.9. The first-order valence-electron chi connectivity index (χ1n) is 14.9. The normalized spacial score (nSPS) is 40.2. The molecule has 0 radical (unpaired) electrons. The van der Waals surface area contributed by atoms with Crippen LogP contribution in [0.5, 0.6) is 0 Å². The predicted octanol–water partition coefficient (Wildman–Crippen LogP) is 4.31. The van der Waals surface area contributed by atoms with Gasteiger partial charge in [-0.15, -0.1) is 0 Å². The SMILES string of the molecule is CC1=CC[C@]2(O)/C(=C/C=C/[C@H](C)[C@H](O)/C(C)=C/C[C@@H]3C[C@H](OC=O)C[C@]4(C=C[C@H](C)[C@@H](C(C)C)O4)O3)COC2[C@@H]1O. The van der Waals surface area contributed by atoms with Crippen LogP contribution in [0.3, 0.4) is 0 Å². The Hall–Kier alpha value is -2.07. The second kappa shape index (κ2) is 13.1. The summed E-state index contributed by atoms with van der Waals surface area (Å²) in [6, 6.07) is 0. The lowest BCUT2D eigenvalue weighted by Crippen LogP contribution is -2.52. The van der Waals surface area contributed by atoms with Gasteiger partial charge in [0.15, 0.2) is 5.79 Å². The van der Waals surface area contributed by atoms with E-state index in [2.05, 4.69) is 26.8 Å². The number of ether oxygens (including phenoxy) is 4. The number of fused-ring (bicyclic) bond motifs is 1. The summed E-state index contributed by atoms with van der Waals surface area (Å²) < 4.78 is 24.1. The zero-order valence-electron chi connectivity index (χ0n) is 25.2. The molecular weight excluding hydrogens is 524 g/mol. The number of allylic oxidation sites excluding steroid dienone is 2. The molecule has 228 valence electrons. The van der Waals surface area contributed by atoms with Gasteiger partial charge >= 0.3 is 0 Å². The molecule has 1 unspecified atom stereocenters. The monoisotopic (exact) mass is 572 g/mol. The van der Waals surface area contributed by atoms with Crippen LogP contribution in [-0.2, 0) is 23.7 Å². The molecule has 3 heterocycles. The van der Waals surface area contributed by atoms with Gasteiger partial charge < -0.3 is 34.3 Å². The molecule has 0 aromatic rings. The molecule has 8 nitrogen and oxygen atoms in total. The van der Waals surface area contributed by atoms with Crippen LogP contribution in [0.1, 0.15) is 67.2 Å². The maximum atomic E-state index is 11.2. The number of hydrogen-bond acceptors (Lipinski definition) is 8. The highest BCUT2D eigenvalue weighted by Crippen LogP contribution is 2.42. The van der Waals surface area contributed by atoms with Crippen molar-refractivity contribution in [1.82, 2.24) is 0 Å². The molecule has 0 amide bonds. The summed E-state index contributed by atoms with van der Waals surface area (Å²) in [7, 11) is 0. The fourth-order valence-corrected chi connectivity index (χ4v) is 6.51. The van der Waals surface area contributed by atoms with Crippen molar-refractivity contribution in [3.8, 4) is 0 Å². The highest BCUT2D eigenvalue weighted by Gasteiger charge is 2.51. The van der Waals surface area contributed by atoms with Gasteiger partial charge in [0.1, 0.15) is 23.9 Å². The standard InChI is InChI=1S/C33H48O8/c1-20(2)30-24(6)12-14-32(41-30)17-27(39-19-34)16-26(40-32)11-10-22(4)28(35)21(3)8-7-9-25-18-38-31-29(36)23(5)13-15-33(25,31)37/h7-10,12-14,19-21,24,26-31,35-37H,11,15-18H2,1-6H3/b8-7+,22-10+,25-9+/t21-,24-,26+,27-,28-,29+,30+,31?,32+,33-/m0/s1. The second-order valence-electron chi connectivity index (χ2n) is 12.7. The predicted molar refractivity (Wildman–Crippen MR) is 156 cm³/mol. The molecule has 1 aliphatic carbocycles. The number of carbonyl (C=O) groups excluding carboxylic acids is 1. The van der Waals surface area contributed by atoms with Crippen molar-refractivity contribution < 1.29 is 39.1 Å². The third-order valence-electron chi connectivity index (χ3n) is 9.13. The topological polar surface area (TPSA) is 115 Å². The minimum absolute atomic E-state index is 0.00323. The number of carbonyl (C=O) groups is 1. The van der Waals surface area contributed by atoms with E-state index < -0.39 is 29.7 Å². The summed E-state index contributed by atoms with van der Waals surface area (Å²) >= 11 is 0. The Labute approximate surface area is 244 Å². The van der Waals surface area contributed by atoms with E-state index in [4.69, 9.17) is 18.9 Å². The van der Waals surface area contributed by atoms with E-state index in [1.807, 2.05) is 57.2 Å². The molecule has 3 N–H and O–H groups in total. The number of aliphatic hydroxyl groups excluding tert-OH is 2. The van der Waals surface area contributed by atoms with Gasteiger partial charge in [0.2, 0.25) is 0 Å². The molecular formula is C33H48O8. The molecule has 0 saturated carbocycles. The van der Waals surface area contributed by atoms with Crippen molar-refractivity contribution in [2.75, 3.05) is 6.61 Å². The van der Waals surface area contributed by atoms with Crippen molar-refractivity contribution in [1.29, 1.82) is 0 Å². The lowest BCUT2D eigenvalue weighted by atomic mass is 9.78. The highest BCUT2D eigenvalue weighted by atomic mass is 16.7. The molecule has 10 atom stereocenters. The summed E-state index contributed by atoms with van der Waals surface area (Å²) in [5, 5.41) is 32.6. The minimum Gasteiger partial charge on any atom is -0.464 e. The molecule has 8 heteroatoms. The zero-order valence-corrected chi connectivity index (χ0v) is 25.2. The average molecular weight is 573 g/mol. The van der Waals surface area contributed by atoms with E-state index in [-0.39, 0.29) is 36.8 Å². The van der Waals surface area contributed by atoms with E-state index in [1.54, 1.807) is 0 Å². The average Bonchev–Trinajstić information content (AvgIpc) is 3.27. The summed E-state index contributed by atoms with van der Waals surface area (Å²) in [5.41, 5.74) is 1.14. The molecule has 0 aromatic carbocycles. The maximum Gasteiger partial charge on any atom is 0.293 e. The quantitative estimate of drug-likeness (QED) is 0.277. The Morgan fingerprint density at radius 2 is 2.02 bits per heavy atom. The van der Waals surface area contributed by atoms with Gasteiger partial charge in [-0.05, 0) is 49.0 Å². The van der Waals surface area contributed by atoms with E-state index in [0.29, 0.717) is 38.1 Å². The van der Waals surface area contributed by atoms with Crippen LogP contribution >= 0.6 is 0 Å². The Morgan fingerprint density at radius 3 is 2.73 bits per heavy atom.